The number of carbonyl (C=O) groups is 2. The molecular weight excluding hydrogens is 358 g/mol. The maximum Gasteiger partial charge on any atom is 0.258 e. The zero-order valence-corrected chi connectivity index (χ0v) is 15.8. The Morgan fingerprint density at radius 3 is 2.59 bits per heavy atom. The number of hydrogen-bond donors (Lipinski definition) is 2. The van der Waals surface area contributed by atoms with Crippen LogP contribution in [0, 0.1) is 13.8 Å². The quantitative estimate of drug-likeness (QED) is 0.698. The van der Waals surface area contributed by atoms with Crippen molar-refractivity contribution in [2.24, 2.45) is 5.73 Å². The Morgan fingerprint density at radius 1 is 1.04 bits per heavy atom. The highest BCUT2D eigenvalue weighted by Gasteiger charge is 2.15. The van der Waals surface area contributed by atoms with E-state index >= 15 is 0 Å². The molecule has 0 saturated heterocycles. The molecule has 2 amide bonds. The zero-order valence-electron chi connectivity index (χ0n) is 15.0. The van der Waals surface area contributed by atoms with Crippen molar-refractivity contribution >= 4 is 29.3 Å². The minimum absolute atomic E-state index is 0.294. The average molecular weight is 377 g/mol. The van der Waals surface area contributed by atoms with Gasteiger partial charge in [0.05, 0.1) is 5.56 Å². The number of carbonyl (C=O) groups excluding carboxylic acids is 2. The van der Waals surface area contributed by atoms with Gasteiger partial charge in [-0.15, -0.1) is 0 Å². The maximum absolute atomic E-state index is 12.8. The van der Waals surface area contributed by atoms with Crippen molar-refractivity contribution in [3.8, 4) is 0 Å². The Balaban J connectivity index is 1.86. The number of nitrogens with zero attached hydrogens (tertiary/aromatic N) is 1. The molecule has 0 aliphatic carbocycles. The minimum atomic E-state index is -0.543. The van der Waals surface area contributed by atoms with Gasteiger partial charge in [0.25, 0.3) is 5.91 Å². The molecule has 3 aromatic rings. The number of pyridine rings is 1. The second kappa shape index (κ2) is 8.05. The first kappa shape index (κ1) is 18.7. The Bertz CT molecular complexity index is 1020. The van der Waals surface area contributed by atoms with Crippen LogP contribution in [0.4, 0.5) is 5.69 Å². The number of rotatable bonds is 5. The van der Waals surface area contributed by atoms with Gasteiger partial charge in [0.1, 0.15) is 5.03 Å². The van der Waals surface area contributed by atoms with E-state index in [1.165, 1.54) is 17.3 Å². The van der Waals surface area contributed by atoms with Crippen LogP contribution in [0.15, 0.2) is 70.7 Å². The summed E-state index contributed by atoms with van der Waals surface area (Å²) in [6.45, 7) is 4.08. The number of amides is 2. The predicted molar refractivity (Wildman–Crippen MR) is 107 cm³/mol. The van der Waals surface area contributed by atoms with Crippen LogP contribution in [0.1, 0.15) is 31.8 Å². The summed E-state index contributed by atoms with van der Waals surface area (Å²) >= 11 is 1.45. The number of nitrogens with one attached hydrogen (secondary N) is 1. The average Bonchev–Trinajstić information content (AvgIpc) is 2.64. The second-order valence-corrected chi connectivity index (χ2v) is 7.16. The molecule has 0 saturated carbocycles. The summed E-state index contributed by atoms with van der Waals surface area (Å²) < 4.78 is 0. The standard InChI is InChI=1S/C21H19N3O2S/c1-13-8-9-18(14(2)11-13)27-21-17(7-4-10-23-21)20(26)24-16-6-3-5-15(12-16)19(22)25/h3-12H,1-2H3,(H2,22,25)(H,24,26). The lowest BCUT2D eigenvalue weighted by atomic mass is 10.2. The van der Waals surface area contributed by atoms with Crippen LogP contribution in [0.2, 0.25) is 0 Å². The topological polar surface area (TPSA) is 85.1 Å². The summed E-state index contributed by atoms with van der Waals surface area (Å²) in [7, 11) is 0. The monoisotopic (exact) mass is 377 g/mol. The number of primary amides is 1. The molecule has 0 spiro atoms. The van der Waals surface area contributed by atoms with Crippen molar-refractivity contribution < 1.29 is 9.59 Å². The molecule has 136 valence electrons. The van der Waals surface area contributed by atoms with E-state index in [4.69, 9.17) is 5.73 Å². The lowest BCUT2D eigenvalue weighted by Gasteiger charge is -2.11. The summed E-state index contributed by atoms with van der Waals surface area (Å²) in [4.78, 5) is 29.5. The van der Waals surface area contributed by atoms with Crippen molar-refractivity contribution in [3.05, 3.63) is 83.0 Å². The van der Waals surface area contributed by atoms with Crippen LogP contribution in [-0.4, -0.2) is 16.8 Å². The summed E-state index contributed by atoms with van der Waals surface area (Å²) in [6, 6.07) is 16.1. The molecule has 0 aliphatic heterocycles. The fraction of sp³-hybridized carbons (Fsp3) is 0.0952. The van der Waals surface area contributed by atoms with E-state index in [2.05, 4.69) is 16.4 Å². The van der Waals surface area contributed by atoms with E-state index in [9.17, 15) is 9.59 Å². The van der Waals surface area contributed by atoms with Gasteiger partial charge in [-0.2, -0.15) is 0 Å². The first-order chi connectivity index (χ1) is 12.9. The van der Waals surface area contributed by atoms with Gasteiger partial charge in [-0.25, -0.2) is 4.98 Å². The maximum atomic E-state index is 12.8. The van der Waals surface area contributed by atoms with Gasteiger partial charge < -0.3 is 11.1 Å². The van der Waals surface area contributed by atoms with E-state index < -0.39 is 5.91 Å². The van der Waals surface area contributed by atoms with Crippen LogP contribution in [-0.2, 0) is 0 Å². The third-order valence-electron chi connectivity index (χ3n) is 3.96. The molecular formula is C21H19N3O2S. The van der Waals surface area contributed by atoms with Gasteiger partial charge in [0, 0.05) is 22.3 Å². The number of hydrogen-bond acceptors (Lipinski definition) is 4. The van der Waals surface area contributed by atoms with Gasteiger partial charge in [0.2, 0.25) is 5.91 Å². The molecule has 1 aromatic heterocycles. The Labute approximate surface area is 162 Å². The Morgan fingerprint density at radius 2 is 1.85 bits per heavy atom. The zero-order chi connectivity index (χ0) is 19.4. The fourth-order valence-corrected chi connectivity index (χ4v) is 3.56. The van der Waals surface area contributed by atoms with Crippen molar-refractivity contribution in [2.75, 3.05) is 5.32 Å². The smallest absolute Gasteiger partial charge is 0.258 e. The van der Waals surface area contributed by atoms with Crippen molar-refractivity contribution in [2.45, 2.75) is 23.8 Å². The first-order valence-electron chi connectivity index (χ1n) is 8.35. The van der Waals surface area contributed by atoms with E-state index in [0.717, 1.165) is 10.5 Å². The molecule has 2 aromatic carbocycles. The molecule has 0 bridgehead atoms. The molecule has 6 heteroatoms. The van der Waals surface area contributed by atoms with Crippen LogP contribution in [0.25, 0.3) is 0 Å². The number of benzene rings is 2. The number of aromatic nitrogens is 1. The summed E-state index contributed by atoms with van der Waals surface area (Å²) in [6.07, 6.45) is 1.66. The number of aryl methyl sites for hydroxylation is 2. The third-order valence-corrected chi connectivity index (χ3v) is 5.15. The van der Waals surface area contributed by atoms with E-state index in [1.807, 2.05) is 26.0 Å². The van der Waals surface area contributed by atoms with Crippen molar-refractivity contribution in [1.29, 1.82) is 0 Å². The molecule has 1 heterocycles. The molecule has 3 rings (SSSR count). The van der Waals surface area contributed by atoms with Crippen molar-refractivity contribution in [1.82, 2.24) is 4.98 Å². The van der Waals surface area contributed by atoms with Crippen LogP contribution in [0.5, 0.6) is 0 Å². The van der Waals surface area contributed by atoms with Gasteiger partial charge in [0.15, 0.2) is 0 Å². The molecule has 0 unspecified atom stereocenters. The molecule has 27 heavy (non-hydrogen) atoms. The van der Waals surface area contributed by atoms with E-state index in [0.29, 0.717) is 21.8 Å². The van der Waals surface area contributed by atoms with E-state index in [-0.39, 0.29) is 5.91 Å². The second-order valence-electron chi connectivity index (χ2n) is 6.13. The molecule has 5 nitrogen and oxygen atoms in total. The fourth-order valence-electron chi connectivity index (χ4n) is 2.61. The normalized spacial score (nSPS) is 10.4. The van der Waals surface area contributed by atoms with E-state index in [1.54, 1.807) is 42.6 Å². The van der Waals surface area contributed by atoms with Crippen LogP contribution in [0.3, 0.4) is 0 Å². The number of anilines is 1. The highest BCUT2D eigenvalue weighted by molar-refractivity contribution is 7.99. The lowest BCUT2D eigenvalue weighted by molar-refractivity contribution is 0.0995. The number of nitrogens with two attached hydrogens (primary N) is 1. The van der Waals surface area contributed by atoms with Crippen molar-refractivity contribution in [3.63, 3.8) is 0 Å². The molecule has 0 aliphatic rings. The molecule has 0 atom stereocenters. The summed E-state index contributed by atoms with van der Waals surface area (Å²) in [5.74, 6) is -0.837. The molecule has 3 N–H and O–H groups in total. The first-order valence-corrected chi connectivity index (χ1v) is 9.17. The highest BCUT2D eigenvalue weighted by Crippen LogP contribution is 2.31. The minimum Gasteiger partial charge on any atom is -0.366 e. The van der Waals surface area contributed by atoms with Gasteiger partial charge in [-0.05, 0) is 55.8 Å². The van der Waals surface area contributed by atoms with Crippen LogP contribution >= 0.6 is 11.8 Å². The largest absolute Gasteiger partial charge is 0.366 e. The molecule has 0 fully saturated rings. The van der Waals surface area contributed by atoms with Gasteiger partial charge in [-0.3, -0.25) is 9.59 Å². The van der Waals surface area contributed by atoms with Gasteiger partial charge >= 0.3 is 0 Å². The Kier molecular flexibility index (Phi) is 5.57. The molecule has 0 radical (unpaired) electrons. The van der Waals surface area contributed by atoms with Crippen LogP contribution < -0.4 is 11.1 Å². The van der Waals surface area contributed by atoms with Gasteiger partial charge in [-0.1, -0.05) is 35.5 Å². The SMILES string of the molecule is Cc1ccc(Sc2ncccc2C(=O)Nc2cccc(C(N)=O)c2)c(C)c1. The lowest BCUT2D eigenvalue weighted by Crippen LogP contribution is -2.15. The highest BCUT2D eigenvalue weighted by atomic mass is 32.2. The summed E-state index contributed by atoms with van der Waals surface area (Å²) in [5.41, 5.74) is 8.91. The third kappa shape index (κ3) is 4.54. The predicted octanol–water partition coefficient (Wildman–Crippen LogP) is 4.20. The summed E-state index contributed by atoms with van der Waals surface area (Å²) in [5, 5.41) is 3.42. The Hall–Kier alpha value is -3.12.